The van der Waals surface area contributed by atoms with E-state index in [2.05, 4.69) is 0 Å². The number of carbonyl (C=O) groups is 2. The molecule has 6 nitrogen and oxygen atoms in total. The summed E-state index contributed by atoms with van der Waals surface area (Å²) in [6.45, 7) is 0.600. The van der Waals surface area contributed by atoms with E-state index in [4.69, 9.17) is 22.4 Å². The second kappa shape index (κ2) is 5.45. The van der Waals surface area contributed by atoms with Crippen LogP contribution in [0.3, 0.4) is 0 Å². The van der Waals surface area contributed by atoms with Crippen LogP contribution >= 0.6 is 12.2 Å². The first kappa shape index (κ1) is 12.4. The number of imidazole rings is 1. The van der Waals surface area contributed by atoms with Gasteiger partial charge in [-0.05, 0) is 12.2 Å². The Bertz CT molecular complexity index is 410. The van der Waals surface area contributed by atoms with Crippen LogP contribution in [0.15, 0.2) is 12.4 Å². The van der Waals surface area contributed by atoms with Crippen molar-refractivity contribution in [2.24, 2.45) is 0 Å². The quantitative estimate of drug-likeness (QED) is 0.728. The normalized spacial score (nSPS) is 10.2. The minimum absolute atomic E-state index is 0.00273. The summed E-state index contributed by atoms with van der Waals surface area (Å²) in [4.78, 5) is 20.7. The molecule has 0 fully saturated rings. The smallest absolute Gasteiger partial charge is 0.305 e. The second-order valence-corrected chi connectivity index (χ2v) is 3.62. The Kier molecular flexibility index (Phi) is 4.24. The first-order valence-corrected chi connectivity index (χ1v) is 5.10. The SMILES string of the molecule is O=C(O)CCn1ccn(CCC(=O)O)c1=S. The molecule has 0 spiro atoms. The summed E-state index contributed by atoms with van der Waals surface area (Å²) in [5, 5.41) is 17.0. The van der Waals surface area contributed by atoms with Crippen LogP contribution in [0, 0.1) is 4.77 Å². The lowest BCUT2D eigenvalue weighted by molar-refractivity contribution is -0.138. The Hall–Kier alpha value is -1.63. The third-order valence-electron chi connectivity index (χ3n) is 2.05. The zero-order chi connectivity index (χ0) is 12.1. The lowest BCUT2D eigenvalue weighted by atomic mass is 10.4. The van der Waals surface area contributed by atoms with Crippen LogP contribution in [-0.4, -0.2) is 31.3 Å². The predicted octanol–water partition coefficient (Wildman–Crippen LogP) is 0.968. The number of aromatic nitrogens is 2. The maximum atomic E-state index is 10.4. The number of carboxylic acids is 2. The monoisotopic (exact) mass is 244 g/mol. The average Bonchev–Trinajstić information content (AvgIpc) is 2.53. The number of hydrogen-bond acceptors (Lipinski definition) is 3. The molecule has 1 rings (SSSR count). The molecular formula is C9H12N2O4S. The average molecular weight is 244 g/mol. The van der Waals surface area contributed by atoms with Gasteiger partial charge in [0.15, 0.2) is 4.77 Å². The van der Waals surface area contributed by atoms with Gasteiger partial charge >= 0.3 is 11.9 Å². The van der Waals surface area contributed by atoms with E-state index in [1.165, 1.54) is 0 Å². The third kappa shape index (κ3) is 3.50. The Labute approximate surface area is 96.7 Å². The molecule has 1 aromatic rings. The van der Waals surface area contributed by atoms with Crippen molar-refractivity contribution in [3.8, 4) is 0 Å². The fourth-order valence-corrected chi connectivity index (χ4v) is 1.53. The van der Waals surface area contributed by atoms with Crippen LogP contribution in [0.4, 0.5) is 0 Å². The summed E-state index contributed by atoms with van der Waals surface area (Å²) in [6, 6.07) is 0. The number of nitrogens with zero attached hydrogens (tertiary/aromatic N) is 2. The number of rotatable bonds is 6. The van der Waals surface area contributed by atoms with E-state index in [0.717, 1.165) is 0 Å². The first-order chi connectivity index (χ1) is 7.50. The standard InChI is InChI=1S/C9H12N2O4S/c12-7(13)1-3-10-5-6-11(9(10)16)4-2-8(14)15/h5-6H,1-4H2,(H,12,13)(H,14,15). The van der Waals surface area contributed by atoms with Crippen molar-refractivity contribution in [3.63, 3.8) is 0 Å². The predicted molar refractivity (Wildman–Crippen MR) is 57.8 cm³/mol. The molecule has 88 valence electrons. The molecule has 1 heterocycles. The molecule has 0 aliphatic heterocycles. The van der Waals surface area contributed by atoms with E-state index >= 15 is 0 Å². The molecule has 16 heavy (non-hydrogen) atoms. The number of aliphatic carboxylic acids is 2. The Morgan fingerprint density at radius 3 is 1.75 bits per heavy atom. The topological polar surface area (TPSA) is 84.5 Å². The van der Waals surface area contributed by atoms with Crippen LogP contribution in [0.1, 0.15) is 12.8 Å². The minimum atomic E-state index is -0.889. The van der Waals surface area contributed by atoms with E-state index in [0.29, 0.717) is 17.9 Å². The third-order valence-corrected chi connectivity index (χ3v) is 2.52. The molecule has 2 N–H and O–H groups in total. The van der Waals surface area contributed by atoms with Crippen molar-refractivity contribution >= 4 is 24.2 Å². The molecule has 0 radical (unpaired) electrons. The summed E-state index contributed by atoms with van der Waals surface area (Å²) < 4.78 is 3.68. The molecular weight excluding hydrogens is 232 g/mol. The summed E-state index contributed by atoms with van der Waals surface area (Å²) in [7, 11) is 0. The van der Waals surface area contributed by atoms with Crippen molar-refractivity contribution in [1.29, 1.82) is 0 Å². The molecule has 1 aromatic heterocycles. The van der Waals surface area contributed by atoms with Gasteiger partial charge in [-0.2, -0.15) is 0 Å². The van der Waals surface area contributed by atoms with Gasteiger partial charge in [-0.1, -0.05) is 0 Å². The van der Waals surface area contributed by atoms with Gasteiger partial charge in [0, 0.05) is 25.5 Å². The zero-order valence-electron chi connectivity index (χ0n) is 8.50. The van der Waals surface area contributed by atoms with Gasteiger partial charge in [-0.3, -0.25) is 9.59 Å². The van der Waals surface area contributed by atoms with Crippen LogP contribution in [-0.2, 0) is 22.7 Å². The molecule has 0 aliphatic rings. The fraction of sp³-hybridized carbons (Fsp3) is 0.444. The molecule has 0 saturated heterocycles. The van der Waals surface area contributed by atoms with E-state index in [9.17, 15) is 9.59 Å². The minimum Gasteiger partial charge on any atom is -0.481 e. The molecule has 0 amide bonds. The first-order valence-electron chi connectivity index (χ1n) is 4.70. The van der Waals surface area contributed by atoms with Gasteiger partial charge in [-0.15, -0.1) is 0 Å². The van der Waals surface area contributed by atoms with Crippen LogP contribution in [0.5, 0.6) is 0 Å². The molecule has 0 atom stereocenters. The Morgan fingerprint density at radius 1 is 1.06 bits per heavy atom. The maximum absolute atomic E-state index is 10.4. The van der Waals surface area contributed by atoms with E-state index < -0.39 is 11.9 Å². The molecule has 7 heteroatoms. The summed E-state index contributed by atoms with van der Waals surface area (Å²) in [6.07, 6.45) is 3.31. The zero-order valence-corrected chi connectivity index (χ0v) is 9.31. The summed E-state index contributed by atoms with van der Waals surface area (Å²) >= 11 is 5.07. The summed E-state index contributed by atoms with van der Waals surface area (Å²) in [5.41, 5.74) is 0. The van der Waals surface area contributed by atoms with Gasteiger partial charge in [0.25, 0.3) is 0 Å². The largest absolute Gasteiger partial charge is 0.481 e. The van der Waals surface area contributed by atoms with Crippen molar-refractivity contribution in [2.45, 2.75) is 25.9 Å². The summed E-state index contributed by atoms with van der Waals surface area (Å²) in [5.74, 6) is -1.78. The highest BCUT2D eigenvalue weighted by Gasteiger charge is 2.04. The van der Waals surface area contributed by atoms with Gasteiger partial charge in [-0.25, -0.2) is 0 Å². The molecule has 0 aliphatic carbocycles. The second-order valence-electron chi connectivity index (χ2n) is 3.25. The molecule has 0 aromatic carbocycles. The highest BCUT2D eigenvalue weighted by Crippen LogP contribution is 2.01. The van der Waals surface area contributed by atoms with Gasteiger partial charge in [0.2, 0.25) is 0 Å². The highest BCUT2D eigenvalue weighted by atomic mass is 32.1. The van der Waals surface area contributed by atoms with Crippen LogP contribution < -0.4 is 0 Å². The van der Waals surface area contributed by atoms with Gasteiger partial charge < -0.3 is 19.3 Å². The molecule has 0 saturated carbocycles. The molecule has 0 bridgehead atoms. The number of aryl methyl sites for hydroxylation is 2. The fourth-order valence-electron chi connectivity index (χ4n) is 1.23. The number of hydrogen-bond donors (Lipinski definition) is 2. The van der Waals surface area contributed by atoms with E-state index in [1.54, 1.807) is 21.5 Å². The Balaban J connectivity index is 2.65. The number of carboxylic acid groups (broad SMARTS) is 2. The van der Waals surface area contributed by atoms with Gasteiger partial charge in [0.1, 0.15) is 0 Å². The van der Waals surface area contributed by atoms with Crippen molar-refractivity contribution < 1.29 is 19.8 Å². The van der Waals surface area contributed by atoms with Crippen LogP contribution in [0.2, 0.25) is 0 Å². The highest BCUT2D eigenvalue weighted by molar-refractivity contribution is 7.71. The maximum Gasteiger partial charge on any atom is 0.305 e. The van der Waals surface area contributed by atoms with E-state index in [1.807, 2.05) is 0 Å². The Morgan fingerprint density at radius 2 is 1.44 bits per heavy atom. The molecule has 0 unspecified atom stereocenters. The van der Waals surface area contributed by atoms with Crippen molar-refractivity contribution in [2.75, 3.05) is 0 Å². The lowest BCUT2D eigenvalue weighted by Crippen LogP contribution is -2.07. The van der Waals surface area contributed by atoms with E-state index in [-0.39, 0.29) is 12.8 Å². The van der Waals surface area contributed by atoms with Gasteiger partial charge in [0.05, 0.1) is 12.8 Å². The van der Waals surface area contributed by atoms with Crippen molar-refractivity contribution in [3.05, 3.63) is 17.2 Å². The lowest BCUT2D eigenvalue weighted by Gasteiger charge is -2.01. The van der Waals surface area contributed by atoms with Crippen LogP contribution in [0.25, 0.3) is 0 Å². The van der Waals surface area contributed by atoms with Crippen molar-refractivity contribution in [1.82, 2.24) is 9.13 Å².